The Morgan fingerprint density at radius 3 is 2.55 bits per heavy atom. The molecule has 1 aromatic carbocycles. The van der Waals surface area contributed by atoms with Gasteiger partial charge in [0.2, 0.25) is 0 Å². The lowest BCUT2D eigenvalue weighted by Crippen LogP contribution is -2.09. The van der Waals surface area contributed by atoms with E-state index in [2.05, 4.69) is 30.6 Å². The van der Waals surface area contributed by atoms with Gasteiger partial charge >= 0.3 is 0 Å². The zero-order valence-corrected chi connectivity index (χ0v) is 17.5. The van der Waals surface area contributed by atoms with Crippen LogP contribution < -0.4 is 5.32 Å². The summed E-state index contributed by atoms with van der Waals surface area (Å²) in [5.41, 5.74) is 2.22. The van der Waals surface area contributed by atoms with Gasteiger partial charge in [0, 0.05) is 18.0 Å². The fourth-order valence-corrected chi connectivity index (χ4v) is 3.43. The van der Waals surface area contributed by atoms with Crippen molar-refractivity contribution in [2.75, 3.05) is 5.32 Å². The Morgan fingerprint density at radius 1 is 1.00 bits per heavy atom. The van der Waals surface area contributed by atoms with E-state index in [0.29, 0.717) is 28.4 Å². The van der Waals surface area contributed by atoms with Crippen LogP contribution in [-0.2, 0) is 0 Å². The molecule has 0 aliphatic carbocycles. The molecule has 1 N–H and O–H groups in total. The molecule has 11 heteroatoms. The molecule has 0 unspecified atom stereocenters. The molecule has 33 heavy (non-hydrogen) atoms. The molecule has 4 aromatic heterocycles. The molecule has 0 saturated heterocycles. The van der Waals surface area contributed by atoms with Crippen LogP contribution in [0.15, 0.2) is 55.0 Å². The molecule has 5 aromatic rings. The Labute approximate surface area is 185 Å². The molecule has 5 rings (SSSR count). The van der Waals surface area contributed by atoms with E-state index in [1.807, 2.05) is 0 Å². The Balaban J connectivity index is 1.57. The number of hydrogen-bond acceptors (Lipinski definition) is 6. The fourth-order valence-electron chi connectivity index (χ4n) is 3.43. The van der Waals surface area contributed by atoms with Crippen molar-refractivity contribution in [3.05, 3.63) is 77.8 Å². The van der Waals surface area contributed by atoms with Gasteiger partial charge < -0.3 is 5.32 Å². The standard InChI is InChI=1S/C22H17F3N8/c1-12-3-5-19(31-30-12)28-16-10-17-18(9-15(16)23)32(11-26-17)20-6-4-14(21(24)25)22(29-20)33-13(2)7-8-27-33/h3-11,21H,1-2H3,(H,28,31). The summed E-state index contributed by atoms with van der Waals surface area (Å²) in [5.74, 6) is 0.153. The number of aromatic nitrogens is 7. The van der Waals surface area contributed by atoms with Gasteiger partial charge in [0.1, 0.15) is 18.0 Å². The lowest BCUT2D eigenvalue weighted by atomic mass is 10.2. The van der Waals surface area contributed by atoms with Crippen LogP contribution in [0.5, 0.6) is 0 Å². The molecule has 0 saturated carbocycles. The largest absolute Gasteiger partial charge is 0.336 e. The maximum Gasteiger partial charge on any atom is 0.267 e. The zero-order chi connectivity index (χ0) is 23.1. The molecule has 0 fully saturated rings. The van der Waals surface area contributed by atoms with Gasteiger partial charge in [-0.1, -0.05) is 0 Å². The predicted octanol–water partition coefficient (Wildman–Crippen LogP) is 4.83. The molecule has 166 valence electrons. The molecule has 0 bridgehead atoms. The zero-order valence-electron chi connectivity index (χ0n) is 17.5. The second-order valence-corrected chi connectivity index (χ2v) is 7.39. The van der Waals surface area contributed by atoms with Crippen LogP contribution in [0.3, 0.4) is 0 Å². The van der Waals surface area contributed by atoms with E-state index in [1.54, 1.807) is 32.0 Å². The summed E-state index contributed by atoms with van der Waals surface area (Å²) < 4.78 is 45.0. The molecule has 8 nitrogen and oxygen atoms in total. The third-order valence-corrected chi connectivity index (χ3v) is 5.10. The quantitative estimate of drug-likeness (QED) is 0.413. The van der Waals surface area contributed by atoms with Crippen molar-refractivity contribution >= 4 is 22.5 Å². The summed E-state index contributed by atoms with van der Waals surface area (Å²) in [6.07, 6.45) is 0.234. The van der Waals surface area contributed by atoms with Crippen LogP contribution in [0.1, 0.15) is 23.4 Å². The minimum Gasteiger partial charge on any atom is -0.336 e. The highest BCUT2D eigenvalue weighted by Gasteiger charge is 2.20. The van der Waals surface area contributed by atoms with Gasteiger partial charge in [-0.2, -0.15) is 10.2 Å². The SMILES string of the molecule is Cc1ccc(Nc2cc3ncn(-c4ccc(C(F)F)c(-n5nccc5C)n4)c3cc2F)nn1. The number of hydrogen-bond donors (Lipinski definition) is 1. The molecule has 0 spiro atoms. The number of aryl methyl sites for hydroxylation is 2. The first-order valence-corrected chi connectivity index (χ1v) is 9.95. The highest BCUT2D eigenvalue weighted by atomic mass is 19.3. The van der Waals surface area contributed by atoms with Crippen molar-refractivity contribution in [2.45, 2.75) is 20.3 Å². The number of nitrogens with one attached hydrogen (secondary N) is 1. The number of imidazole rings is 1. The molecular formula is C22H17F3N8. The Kier molecular flexibility index (Phi) is 5.00. The molecule has 0 radical (unpaired) electrons. The van der Waals surface area contributed by atoms with Crippen molar-refractivity contribution < 1.29 is 13.2 Å². The summed E-state index contributed by atoms with van der Waals surface area (Å²) in [4.78, 5) is 8.73. The van der Waals surface area contributed by atoms with Crippen LogP contribution in [-0.4, -0.2) is 34.5 Å². The number of pyridine rings is 1. The first kappa shape index (κ1) is 20.6. The van der Waals surface area contributed by atoms with Gasteiger partial charge in [-0.25, -0.2) is 27.8 Å². The lowest BCUT2D eigenvalue weighted by molar-refractivity contribution is 0.150. The monoisotopic (exact) mass is 450 g/mol. The average molecular weight is 450 g/mol. The van der Waals surface area contributed by atoms with E-state index in [0.717, 1.165) is 5.69 Å². The van der Waals surface area contributed by atoms with Crippen molar-refractivity contribution in [1.82, 2.24) is 34.5 Å². The number of alkyl halides is 2. The van der Waals surface area contributed by atoms with Crippen molar-refractivity contribution in [3.63, 3.8) is 0 Å². The number of anilines is 2. The Hall–Kier alpha value is -4.28. The maximum atomic E-state index is 14.9. The van der Waals surface area contributed by atoms with Crippen LogP contribution in [0, 0.1) is 19.7 Å². The van der Waals surface area contributed by atoms with Crippen LogP contribution in [0.4, 0.5) is 24.7 Å². The summed E-state index contributed by atoms with van der Waals surface area (Å²) in [5, 5.41) is 14.9. The maximum absolute atomic E-state index is 14.9. The van der Waals surface area contributed by atoms with E-state index < -0.39 is 12.2 Å². The molecule has 0 aliphatic rings. The highest BCUT2D eigenvalue weighted by molar-refractivity contribution is 5.82. The first-order valence-electron chi connectivity index (χ1n) is 9.95. The van der Waals surface area contributed by atoms with E-state index in [-0.39, 0.29) is 17.1 Å². The third-order valence-electron chi connectivity index (χ3n) is 5.10. The van der Waals surface area contributed by atoms with Crippen molar-refractivity contribution in [3.8, 4) is 11.6 Å². The normalized spacial score (nSPS) is 11.5. The van der Waals surface area contributed by atoms with Gasteiger partial charge in [-0.05, 0) is 50.2 Å². The summed E-state index contributed by atoms with van der Waals surface area (Å²) in [7, 11) is 0. The summed E-state index contributed by atoms with van der Waals surface area (Å²) in [6, 6.07) is 10.7. The number of rotatable bonds is 5. The molecular weight excluding hydrogens is 433 g/mol. The van der Waals surface area contributed by atoms with Gasteiger partial charge in [-0.15, -0.1) is 5.10 Å². The van der Waals surface area contributed by atoms with E-state index in [1.165, 1.54) is 46.0 Å². The molecule has 0 amide bonds. The first-order chi connectivity index (χ1) is 15.9. The molecule has 0 aliphatic heterocycles. The van der Waals surface area contributed by atoms with E-state index >= 15 is 0 Å². The molecule has 0 atom stereocenters. The smallest absolute Gasteiger partial charge is 0.267 e. The number of nitrogens with zero attached hydrogens (tertiary/aromatic N) is 7. The van der Waals surface area contributed by atoms with Crippen LogP contribution in [0.25, 0.3) is 22.7 Å². The van der Waals surface area contributed by atoms with Gasteiger partial charge in [0.25, 0.3) is 6.43 Å². The third kappa shape index (κ3) is 3.77. The second-order valence-electron chi connectivity index (χ2n) is 7.39. The minimum absolute atomic E-state index is 0.00329. The van der Waals surface area contributed by atoms with E-state index in [9.17, 15) is 13.2 Å². The topological polar surface area (TPSA) is 86.3 Å². The number of fused-ring (bicyclic) bond motifs is 1. The number of halogens is 3. The lowest BCUT2D eigenvalue weighted by Gasteiger charge is -2.13. The van der Waals surface area contributed by atoms with Crippen molar-refractivity contribution in [1.29, 1.82) is 0 Å². The van der Waals surface area contributed by atoms with Gasteiger partial charge in [-0.3, -0.25) is 4.57 Å². The summed E-state index contributed by atoms with van der Waals surface area (Å²) in [6.45, 7) is 3.54. The van der Waals surface area contributed by atoms with Crippen LogP contribution >= 0.6 is 0 Å². The second kappa shape index (κ2) is 8.01. The fraction of sp³-hybridized carbons (Fsp3) is 0.136. The predicted molar refractivity (Wildman–Crippen MR) is 116 cm³/mol. The summed E-state index contributed by atoms with van der Waals surface area (Å²) >= 11 is 0. The molecule has 4 heterocycles. The Bertz CT molecular complexity index is 1460. The van der Waals surface area contributed by atoms with Gasteiger partial charge in [0.05, 0.1) is 28.0 Å². The number of benzene rings is 1. The van der Waals surface area contributed by atoms with Gasteiger partial charge in [0.15, 0.2) is 11.6 Å². The van der Waals surface area contributed by atoms with E-state index in [4.69, 9.17) is 0 Å². The average Bonchev–Trinajstić information content (AvgIpc) is 3.41. The van der Waals surface area contributed by atoms with Crippen LogP contribution in [0.2, 0.25) is 0 Å². The minimum atomic E-state index is -2.74. The van der Waals surface area contributed by atoms with Crippen molar-refractivity contribution in [2.24, 2.45) is 0 Å². The highest BCUT2D eigenvalue weighted by Crippen LogP contribution is 2.29. The Morgan fingerprint density at radius 2 is 1.85 bits per heavy atom.